The average Bonchev–Trinajstić information content (AvgIpc) is 2.32. The maximum Gasteiger partial charge on any atom is 0.240 e. The molecule has 1 fully saturated rings. The van der Waals surface area contributed by atoms with Crippen LogP contribution in [-0.4, -0.2) is 14.5 Å². The van der Waals surface area contributed by atoms with Crippen LogP contribution in [0.25, 0.3) is 0 Å². The largest absolute Gasteiger partial charge is 0.399 e. The van der Waals surface area contributed by atoms with Gasteiger partial charge in [-0.3, -0.25) is 0 Å². The molecule has 1 aromatic carbocycles. The SMILES string of the molecule is Nc1cccc(S(=O)(=O)NC2CCCCCCC2)c1. The van der Waals surface area contributed by atoms with Crippen LogP contribution >= 0.6 is 0 Å². The van der Waals surface area contributed by atoms with Crippen LogP contribution in [0.3, 0.4) is 0 Å². The first-order chi connectivity index (χ1) is 9.08. The number of anilines is 1. The number of rotatable bonds is 3. The Hall–Kier alpha value is -1.07. The fourth-order valence-electron chi connectivity index (χ4n) is 2.54. The molecule has 0 aromatic heterocycles. The number of sulfonamides is 1. The van der Waals surface area contributed by atoms with Crippen LogP contribution in [0.15, 0.2) is 29.2 Å². The molecule has 1 saturated carbocycles. The molecule has 2 rings (SSSR count). The third-order valence-corrected chi connectivity index (χ3v) is 5.11. The lowest BCUT2D eigenvalue weighted by molar-refractivity contribution is 0.426. The zero-order valence-electron chi connectivity index (χ0n) is 11.1. The van der Waals surface area contributed by atoms with Gasteiger partial charge >= 0.3 is 0 Å². The quantitative estimate of drug-likeness (QED) is 0.837. The molecule has 0 amide bonds. The monoisotopic (exact) mass is 282 g/mol. The van der Waals surface area contributed by atoms with Crippen molar-refractivity contribution in [2.75, 3.05) is 5.73 Å². The van der Waals surface area contributed by atoms with Gasteiger partial charge < -0.3 is 5.73 Å². The molecule has 0 aliphatic heterocycles. The molecule has 0 atom stereocenters. The highest BCUT2D eigenvalue weighted by atomic mass is 32.2. The van der Waals surface area contributed by atoms with Gasteiger partial charge in [0.2, 0.25) is 10.0 Å². The molecule has 0 radical (unpaired) electrons. The van der Waals surface area contributed by atoms with Crippen molar-refractivity contribution in [1.29, 1.82) is 0 Å². The van der Waals surface area contributed by atoms with Gasteiger partial charge in [-0.05, 0) is 31.0 Å². The van der Waals surface area contributed by atoms with Crippen LogP contribution in [0.4, 0.5) is 5.69 Å². The molecule has 0 unspecified atom stereocenters. The number of nitrogen functional groups attached to an aromatic ring is 1. The Morgan fingerprint density at radius 2 is 1.68 bits per heavy atom. The first-order valence-corrected chi connectivity index (χ1v) is 8.44. The highest BCUT2D eigenvalue weighted by molar-refractivity contribution is 7.89. The zero-order chi connectivity index (χ0) is 13.7. The van der Waals surface area contributed by atoms with E-state index in [0.29, 0.717) is 5.69 Å². The van der Waals surface area contributed by atoms with Gasteiger partial charge in [0, 0.05) is 11.7 Å². The Morgan fingerprint density at radius 1 is 1.05 bits per heavy atom. The van der Waals surface area contributed by atoms with Crippen LogP contribution < -0.4 is 10.5 Å². The topological polar surface area (TPSA) is 72.2 Å². The summed E-state index contributed by atoms with van der Waals surface area (Å²) in [6.45, 7) is 0. The second-order valence-electron chi connectivity index (χ2n) is 5.24. The van der Waals surface area contributed by atoms with E-state index in [1.165, 1.54) is 25.3 Å². The zero-order valence-corrected chi connectivity index (χ0v) is 12.0. The Balaban J connectivity index is 2.07. The predicted molar refractivity (Wildman–Crippen MR) is 77.3 cm³/mol. The molecule has 1 aliphatic carbocycles. The van der Waals surface area contributed by atoms with Crippen molar-refractivity contribution in [3.8, 4) is 0 Å². The lowest BCUT2D eigenvalue weighted by Gasteiger charge is -2.21. The molecule has 5 heteroatoms. The Kier molecular flexibility index (Phi) is 4.82. The van der Waals surface area contributed by atoms with E-state index in [4.69, 9.17) is 5.73 Å². The summed E-state index contributed by atoms with van der Waals surface area (Å²) >= 11 is 0. The number of benzene rings is 1. The summed E-state index contributed by atoms with van der Waals surface area (Å²) in [5.41, 5.74) is 6.11. The molecule has 19 heavy (non-hydrogen) atoms. The minimum absolute atomic E-state index is 0.0618. The van der Waals surface area contributed by atoms with Gasteiger partial charge in [0.25, 0.3) is 0 Å². The van der Waals surface area contributed by atoms with Crippen molar-refractivity contribution in [2.45, 2.75) is 55.9 Å². The van der Waals surface area contributed by atoms with Crippen LogP contribution in [0.1, 0.15) is 44.9 Å². The molecular weight excluding hydrogens is 260 g/mol. The van der Waals surface area contributed by atoms with Gasteiger partial charge in [0.1, 0.15) is 0 Å². The van der Waals surface area contributed by atoms with E-state index >= 15 is 0 Å². The second-order valence-corrected chi connectivity index (χ2v) is 6.95. The van der Waals surface area contributed by atoms with Gasteiger partial charge in [-0.15, -0.1) is 0 Å². The van der Waals surface area contributed by atoms with E-state index in [1.807, 2.05) is 0 Å². The summed E-state index contributed by atoms with van der Waals surface area (Å²) < 4.78 is 27.4. The molecule has 0 heterocycles. The van der Waals surface area contributed by atoms with E-state index in [-0.39, 0.29) is 10.9 Å². The minimum atomic E-state index is -3.44. The summed E-state index contributed by atoms with van der Waals surface area (Å²) in [4.78, 5) is 0.259. The minimum Gasteiger partial charge on any atom is -0.399 e. The molecule has 0 spiro atoms. The number of hydrogen-bond donors (Lipinski definition) is 2. The second kappa shape index (κ2) is 6.39. The van der Waals surface area contributed by atoms with E-state index in [9.17, 15) is 8.42 Å². The van der Waals surface area contributed by atoms with Crippen molar-refractivity contribution >= 4 is 15.7 Å². The van der Waals surface area contributed by atoms with Crippen LogP contribution in [-0.2, 0) is 10.0 Å². The third kappa shape index (κ3) is 4.21. The van der Waals surface area contributed by atoms with E-state index in [2.05, 4.69) is 4.72 Å². The van der Waals surface area contributed by atoms with Crippen LogP contribution in [0.2, 0.25) is 0 Å². The molecule has 1 aliphatic rings. The molecule has 0 saturated heterocycles. The van der Waals surface area contributed by atoms with Crippen LogP contribution in [0.5, 0.6) is 0 Å². The number of nitrogens with one attached hydrogen (secondary N) is 1. The molecule has 3 N–H and O–H groups in total. The summed E-state index contributed by atoms with van der Waals surface area (Å²) in [5, 5.41) is 0. The summed E-state index contributed by atoms with van der Waals surface area (Å²) in [6, 6.07) is 6.51. The van der Waals surface area contributed by atoms with Gasteiger partial charge in [0.15, 0.2) is 0 Å². The van der Waals surface area contributed by atoms with Crippen molar-refractivity contribution < 1.29 is 8.42 Å². The molecule has 106 valence electrons. The standard InChI is InChI=1S/C14H22N2O2S/c15-12-7-6-10-14(11-12)19(17,18)16-13-8-4-2-1-3-5-9-13/h6-7,10-11,13,16H,1-5,8-9,15H2. The molecular formula is C14H22N2O2S. The Bertz CT molecular complexity index is 506. The lowest BCUT2D eigenvalue weighted by Crippen LogP contribution is -2.35. The highest BCUT2D eigenvalue weighted by Crippen LogP contribution is 2.20. The lowest BCUT2D eigenvalue weighted by atomic mass is 9.97. The van der Waals surface area contributed by atoms with E-state index < -0.39 is 10.0 Å². The van der Waals surface area contributed by atoms with Crippen molar-refractivity contribution in [1.82, 2.24) is 4.72 Å². The predicted octanol–water partition coefficient (Wildman–Crippen LogP) is 2.66. The molecule has 4 nitrogen and oxygen atoms in total. The normalized spacial score (nSPS) is 18.7. The van der Waals surface area contributed by atoms with Gasteiger partial charge in [0.05, 0.1) is 4.90 Å². The Labute approximate surface area is 115 Å². The van der Waals surface area contributed by atoms with Crippen molar-refractivity contribution in [2.24, 2.45) is 0 Å². The van der Waals surface area contributed by atoms with Gasteiger partial charge in [-0.2, -0.15) is 0 Å². The first-order valence-electron chi connectivity index (χ1n) is 6.96. The third-order valence-electron chi connectivity index (χ3n) is 3.60. The summed E-state index contributed by atoms with van der Waals surface area (Å²) in [6.07, 6.45) is 7.75. The summed E-state index contributed by atoms with van der Waals surface area (Å²) in [7, 11) is -3.44. The molecule has 1 aromatic rings. The smallest absolute Gasteiger partial charge is 0.240 e. The van der Waals surface area contributed by atoms with Crippen LogP contribution in [0, 0.1) is 0 Å². The fourth-order valence-corrected chi connectivity index (χ4v) is 3.90. The highest BCUT2D eigenvalue weighted by Gasteiger charge is 2.20. The summed E-state index contributed by atoms with van der Waals surface area (Å²) in [5.74, 6) is 0. The maximum atomic E-state index is 12.3. The fraction of sp³-hybridized carbons (Fsp3) is 0.571. The van der Waals surface area contributed by atoms with E-state index in [1.54, 1.807) is 18.2 Å². The van der Waals surface area contributed by atoms with E-state index in [0.717, 1.165) is 25.7 Å². The first kappa shape index (κ1) is 14.3. The van der Waals surface area contributed by atoms with Gasteiger partial charge in [-0.1, -0.05) is 38.2 Å². The maximum absolute atomic E-state index is 12.3. The van der Waals surface area contributed by atoms with Crippen molar-refractivity contribution in [3.63, 3.8) is 0 Å². The number of hydrogen-bond acceptors (Lipinski definition) is 3. The molecule has 0 bridgehead atoms. The number of nitrogens with two attached hydrogens (primary N) is 1. The Morgan fingerprint density at radius 3 is 2.32 bits per heavy atom. The van der Waals surface area contributed by atoms with Crippen molar-refractivity contribution in [3.05, 3.63) is 24.3 Å². The average molecular weight is 282 g/mol. The van der Waals surface area contributed by atoms with Gasteiger partial charge in [-0.25, -0.2) is 13.1 Å².